The van der Waals surface area contributed by atoms with Gasteiger partial charge in [-0.05, 0) is 24.8 Å². The number of aryl methyl sites for hydroxylation is 1. The van der Waals surface area contributed by atoms with Crippen molar-refractivity contribution >= 4 is 11.9 Å². The van der Waals surface area contributed by atoms with Crippen molar-refractivity contribution in [1.29, 1.82) is 0 Å². The van der Waals surface area contributed by atoms with E-state index in [2.05, 4.69) is 4.98 Å². The molecule has 0 saturated carbocycles. The first kappa shape index (κ1) is 20.8. The topological polar surface area (TPSA) is 104 Å². The first-order valence-corrected chi connectivity index (χ1v) is 9.90. The number of carboxylic acids is 1. The summed E-state index contributed by atoms with van der Waals surface area (Å²) in [4.78, 5) is 29.0. The Kier molecular flexibility index (Phi) is 7.19. The highest BCUT2D eigenvalue weighted by Crippen LogP contribution is 2.20. The fourth-order valence-corrected chi connectivity index (χ4v) is 3.54. The third kappa shape index (κ3) is 6.02. The predicted octanol–water partition coefficient (Wildman–Crippen LogP) is 2.85. The van der Waals surface area contributed by atoms with Gasteiger partial charge in [0, 0.05) is 25.8 Å². The van der Waals surface area contributed by atoms with Crippen LogP contribution in [0.15, 0.2) is 53.1 Å². The molecule has 154 valence electrons. The van der Waals surface area contributed by atoms with Gasteiger partial charge < -0.3 is 19.5 Å². The van der Waals surface area contributed by atoms with Crippen LogP contribution in [0.4, 0.5) is 0 Å². The lowest BCUT2D eigenvalue weighted by atomic mass is 9.99. The first-order chi connectivity index (χ1) is 14.0. The van der Waals surface area contributed by atoms with Crippen LogP contribution in [-0.2, 0) is 17.6 Å². The van der Waals surface area contributed by atoms with E-state index in [1.54, 1.807) is 6.08 Å². The van der Waals surface area contributed by atoms with Crippen LogP contribution in [0.2, 0.25) is 0 Å². The van der Waals surface area contributed by atoms with Gasteiger partial charge in [0.05, 0.1) is 18.3 Å². The molecule has 0 bridgehead atoms. The van der Waals surface area contributed by atoms with E-state index in [9.17, 15) is 14.7 Å². The van der Waals surface area contributed by atoms with Gasteiger partial charge in [0.1, 0.15) is 0 Å². The van der Waals surface area contributed by atoms with Crippen LogP contribution < -0.4 is 0 Å². The molecule has 29 heavy (non-hydrogen) atoms. The molecule has 2 heterocycles. The maximum absolute atomic E-state index is 12.4. The number of likely N-dealkylation sites (tertiary alicyclic amines) is 1. The molecule has 0 unspecified atom stereocenters. The Morgan fingerprint density at radius 1 is 1.34 bits per heavy atom. The molecular weight excluding hydrogens is 372 g/mol. The number of amides is 1. The van der Waals surface area contributed by atoms with Crippen molar-refractivity contribution < 1.29 is 24.2 Å². The van der Waals surface area contributed by atoms with Gasteiger partial charge in [-0.25, -0.2) is 9.78 Å². The first-order valence-electron chi connectivity index (χ1n) is 9.90. The summed E-state index contributed by atoms with van der Waals surface area (Å²) in [6.07, 6.45) is 8.15. The molecule has 0 radical (unpaired) electrons. The van der Waals surface area contributed by atoms with Crippen molar-refractivity contribution in [3.8, 4) is 0 Å². The van der Waals surface area contributed by atoms with E-state index in [0.29, 0.717) is 38.1 Å². The number of rotatable bonds is 9. The molecule has 7 nitrogen and oxygen atoms in total. The smallest absolute Gasteiger partial charge is 0.373 e. The van der Waals surface area contributed by atoms with Crippen molar-refractivity contribution in [1.82, 2.24) is 9.88 Å². The molecule has 1 aliphatic heterocycles. The molecular formula is C22H26N2O5. The Bertz CT molecular complexity index is 846. The number of nitrogens with zero attached hydrogens (tertiary/aromatic N) is 2. The second kappa shape index (κ2) is 10.0. The van der Waals surface area contributed by atoms with E-state index < -0.39 is 12.1 Å². The van der Waals surface area contributed by atoms with Gasteiger partial charge in [-0.2, -0.15) is 0 Å². The number of hydrogen-bond donors (Lipinski definition) is 2. The minimum absolute atomic E-state index is 0.0409. The second-order valence-electron chi connectivity index (χ2n) is 7.22. The van der Waals surface area contributed by atoms with Crippen molar-refractivity contribution in [2.75, 3.05) is 6.54 Å². The average molecular weight is 398 g/mol. The highest BCUT2D eigenvalue weighted by atomic mass is 16.4. The third-order valence-corrected chi connectivity index (χ3v) is 5.01. The zero-order valence-electron chi connectivity index (χ0n) is 16.2. The van der Waals surface area contributed by atoms with Crippen LogP contribution in [0.1, 0.15) is 47.7 Å². The number of hydrogen-bond acceptors (Lipinski definition) is 5. The Morgan fingerprint density at radius 2 is 2.14 bits per heavy atom. The number of aliphatic hydroxyl groups is 1. The van der Waals surface area contributed by atoms with Gasteiger partial charge in [-0.3, -0.25) is 4.79 Å². The van der Waals surface area contributed by atoms with E-state index in [1.165, 1.54) is 6.20 Å². The lowest BCUT2D eigenvalue weighted by Gasteiger charge is -2.34. The highest BCUT2D eigenvalue weighted by Gasteiger charge is 2.26. The normalized spacial score (nSPS) is 18.3. The molecule has 2 N–H and O–H groups in total. The summed E-state index contributed by atoms with van der Waals surface area (Å²) in [6, 6.07) is 9.75. The monoisotopic (exact) mass is 398 g/mol. The van der Waals surface area contributed by atoms with Gasteiger partial charge in [-0.15, -0.1) is 0 Å². The van der Waals surface area contributed by atoms with E-state index in [4.69, 9.17) is 9.52 Å². The number of carbonyl (C=O) groups excluding carboxylic acids is 1. The van der Waals surface area contributed by atoms with Crippen molar-refractivity contribution in [3.63, 3.8) is 0 Å². The van der Waals surface area contributed by atoms with Crippen LogP contribution in [0.5, 0.6) is 0 Å². The molecule has 1 fully saturated rings. The van der Waals surface area contributed by atoms with Crippen molar-refractivity contribution in [3.05, 3.63) is 65.9 Å². The zero-order valence-corrected chi connectivity index (χ0v) is 16.2. The van der Waals surface area contributed by atoms with Crippen molar-refractivity contribution in [2.24, 2.45) is 0 Å². The molecule has 1 aromatic heterocycles. The van der Waals surface area contributed by atoms with E-state index in [0.717, 1.165) is 18.4 Å². The van der Waals surface area contributed by atoms with Gasteiger partial charge in [0.2, 0.25) is 11.7 Å². The average Bonchev–Trinajstić information content (AvgIpc) is 3.18. The minimum Gasteiger partial charge on any atom is -0.475 e. The number of aromatic carboxylic acids is 1. The summed E-state index contributed by atoms with van der Waals surface area (Å²) in [6.45, 7) is 0.535. The maximum Gasteiger partial charge on any atom is 0.373 e. The Labute approximate surface area is 169 Å². The van der Waals surface area contributed by atoms with Gasteiger partial charge in [0.25, 0.3) is 0 Å². The fourth-order valence-electron chi connectivity index (χ4n) is 3.54. The SMILES string of the molecule is O=C(O)c1cnc(CCCN2C(=O)CCC[C@@H]2/C=C/[C@@H](O)Cc2ccccc2)o1. The summed E-state index contributed by atoms with van der Waals surface area (Å²) < 4.78 is 5.16. The molecule has 1 aromatic carbocycles. The predicted molar refractivity (Wildman–Crippen MR) is 106 cm³/mol. The number of piperidine rings is 1. The van der Waals surface area contributed by atoms with Crippen molar-refractivity contribution in [2.45, 2.75) is 50.7 Å². The van der Waals surface area contributed by atoms with Crippen LogP contribution in [0.25, 0.3) is 0 Å². The summed E-state index contributed by atoms with van der Waals surface area (Å²) in [5.74, 6) is -0.865. The standard InChI is InChI=1S/C22H26N2O5/c25-18(14-16-6-2-1-3-7-16)12-11-17-8-4-10-21(26)24(17)13-5-9-20-23-15-19(29-20)22(27)28/h1-3,6-7,11-12,15,17-18,25H,4-5,8-10,13-14H2,(H,27,28)/b12-11+/t17-,18-/m1/s1. The largest absolute Gasteiger partial charge is 0.475 e. The summed E-state index contributed by atoms with van der Waals surface area (Å²) >= 11 is 0. The minimum atomic E-state index is -1.14. The molecule has 1 amide bonds. The van der Waals surface area contributed by atoms with Crippen LogP contribution in [0, 0.1) is 0 Å². The maximum atomic E-state index is 12.4. The lowest BCUT2D eigenvalue weighted by molar-refractivity contribution is -0.135. The molecule has 3 rings (SSSR count). The van der Waals surface area contributed by atoms with E-state index in [-0.39, 0.29) is 17.7 Å². The van der Waals surface area contributed by atoms with Crippen LogP contribution >= 0.6 is 0 Å². The Balaban J connectivity index is 1.53. The lowest BCUT2D eigenvalue weighted by Crippen LogP contribution is -2.43. The van der Waals surface area contributed by atoms with E-state index in [1.807, 2.05) is 41.3 Å². The fraction of sp³-hybridized carbons (Fsp3) is 0.409. The highest BCUT2D eigenvalue weighted by molar-refractivity contribution is 5.83. The molecule has 0 aliphatic carbocycles. The van der Waals surface area contributed by atoms with E-state index >= 15 is 0 Å². The van der Waals surface area contributed by atoms with Gasteiger partial charge in [0.15, 0.2) is 5.89 Å². The van der Waals surface area contributed by atoms with Crippen LogP contribution in [0.3, 0.4) is 0 Å². The number of carboxylic acid groups (broad SMARTS) is 1. The number of carbonyl (C=O) groups is 2. The third-order valence-electron chi connectivity index (χ3n) is 5.01. The second-order valence-corrected chi connectivity index (χ2v) is 7.22. The Hall–Kier alpha value is -2.93. The summed E-state index contributed by atoms with van der Waals surface area (Å²) in [7, 11) is 0. The van der Waals surface area contributed by atoms with Gasteiger partial charge in [-0.1, -0.05) is 42.5 Å². The molecule has 2 atom stereocenters. The number of oxazole rings is 1. The number of aromatic nitrogens is 1. The van der Waals surface area contributed by atoms with Gasteiger partial charge >= 0.3 is 5.97 Å². The molecule has 0 spiro atoms. The summed E-state index contributed by atoms with van der Waals surface area (Å²) in [5.41, 5.74) is 1.06. The molecule has 2 aromatic rings. The summed E-state index contributed by atoms with van der Waals surface area (Å²) in [5, 5.41) is 19.2. The number of benzene rings is 1. The zero-order chi connectivity index (χ0) is 20.6. The number of aliphatic hydroxyl groups excluding tert-OH is 1. The molecule has 1 saturated heterocycles. The molecule has 7 heteroatoms. The Morgan fingerprint density at radius 3 is 2.86 bits per heavy atom. The molecule has 1 aliphatic rings. The quantitative estimate of drug-likeness (QED) is 0.630. The van der Waals surface area contributed by atoms with Crippen LogP contribution in [-0.4, -0.2) is 50.7 Å².